The molecule has 2 aromatic rings. The Labute approximate surface area is 228 Å². The summed E-state index contributed by atoms with van der Waals surface area (Å²) in [6.07, 6.45) is -17.9. The Kier molecular flexibility index (Phi) is 9.84. The second-order valence-electron chi connectivity index (χ2n) is 9.78. The molecule has 4 atom stereocenters. The molecule has 2 saturated heterocycles. The summed E-state index contributed by atoms with van der Waals surface area (Å²) in [5.74, 6) is -4.60. The number of benzene rings is 2. The van der Waals surface area contributed by atoms with Crippen LogP contribution in [0.5, 0.6) is 0 Å². The quantitative estimate of drug-likeness (QED) is 0.369. The molecule has 41 heavy (non-hydrogen) atoms. The summed E-state index contributed by atoms with van der Waals surface area (Å²) in [6, 6.07) is 5.78. The minimum absolute atomic E-state index is 0.0633. The Balaban J connectivity index is 1.44. The van der Waals surface area contributed by atoms with Gasteiger partial charge in [0.2, 0.25) is 0 Å². The smallest absolute Gasteiger partial charge is 0.371 e. The minimum atomic E-state index is -5.17. The highest BCUT2D eigenvalue weighted by Gasteiger charge is 2.50. The topological polar surface area (TPSA) is 34.2 Å². The molecule has 0 bridgehead atoms. The second-order valence-corrected chi connectivity index (χ2v) is 9.78. The van der Waals surface area contributed by atoms with Crippen LogP contribution in [0.1, 0.15) is 23.3 Å². The summed E-state index contributed by atoms with van der Waals surface area (Å²) in [5, 5.41) is 0. The third-order valence-corrected chi connectivity index (χ3v) is 6.84. The highest BCUT2D eigenvalue weighted by molar-refractivity contribution is 5.22. The maximum absolute atomic E-state index is 13.9. The molecule has 0 amide bonds. The van der Waals surface area contributed by atoms with Gasteiger partial charge in [-0.3, -0.25) is 9.80 Å². The van der Waals surface area contributed by atoms with Crippen LogP contribution in [0.25, 0.3) is 0 Å². The van der Waals surface area contributed by atoms with Crippen molar-refractivity contribution >= 4 is 0 Å². The predicted octanol–water partition coefficient (Wildman–Crippen LogP) is 5.57. The largest absolute Gasteiger partial charge is 0.415 e. The SMILES string of the molecule is Fc1ccc([C@@H]2CN(C[C@H](O[C@@H](CN3CCO[C@H](c4ccc(F)c(F)c4)C3)C(F)(F)F)C(F)(F)F)CCO2)cc1F. The van der Waals surface area contributed by atoms with E-state index in [0.29, 0.717) is 0 Å². The molecule has 0 radical (unpaired) electrons. The second kappa shape index (κ2) is 12.8. The average Bonchev–Trinajstić information content (AvgIpc) is 2.90. The molecule has 15 heteroatoms. The molecule has 2 aliphatic rings. The molecule has 0 aromatic heterocycles. The van der Waals surface area contributed by atoms with Crippen molar-refractivity contribution in [3.8, 4) is 0 Å². The van der Waals surface area contributed by atoms with E-state index in [4.69, 9.17) is 14.2 Å². The lowest BCUT2D eigenvalue weighted by atomic mass is 10.1. The number of alkyl halides is 6. The summed E-state index contributed by atoms with van der Waals surface area (Å²) in [5.41, 5.74) is 0.323. The van der Waals surface area contributed by atoms with Crippen LogP contribution in [0.15, 0.2) is 36.4 Å². The van der Waals surface area contributed by atoms with Crippen LogP contribution in [0.2, 0.25) is 0 Å². The van der Waals surface area contributed by atoms with Gasteiger partial charge in [-0.2, -0.15) is 26.3 Å². The van der Waals surface area contributed by atoms with Crippen molar-refractivity contribution < 1.29 is 58.1 Å². The zero-order valence-corrected chi connectivity index (χ0v) is 21.3. The van der Waals surface area contributed by atoms with E-state index in [1.54, 1.807) is 0 Å². The van der Waals surface area contributed by atoms with E-state index in [1.165, 1.54) is 21.9 Å². The molecule has 0 unspecified atom stereocenters. The third-order valence-electron chi connectivity index (χ3n) is 6.84. The van der Waals surface area contributed by atoms with E-state index in [0.717, 1.165) is 24.3 Å². The lowest BCUT2D eigenvalue weighted by molar-refractivity contribution is -0.292. The first kappa shape index (κ1) is 31.5. The van der Waals surface area contributed by atoms with Crippen LogP contribution in [0.3, 0.4) is 0 Å². The van der Waals surface area contributed by atoms with E-state index in [2.05, 4.69) is 0 Å². The number of ether oxygens (including phenoxy) is 3. The Morgan fingerprint density at radius 3 is 1.39 bits per heavy atom. The first-order chi connectivity index (χ1) is 19.2. The molecule has 0 aliphatic carbocycles. The number of hydrogen-bond donors (Lipinski definition) is 0. The zero-order chi connectivity index (χ0) is 29.9. The van der Waals surface area contributed by atoms with E-state index in [1.807, 2.05) is 0 Å². The summed E-state index contributed by atoms with van der Waals surface area (Å²) in [4.78, 5) is 2.38. The van der Waals surface area contributed by atoms with Gasteiger partial charge in [-0.15, -0.1) is 0 Å². The molecule has 5 nitrogen and oxygen atoms in total. The normalized spacial score (nSPS) is 23.0. The number of morpholine rings is 2. The average molecular weight is 604 g/mol. The van der Waals surface area contributed by atoms with Crippen LogP contribution in [-0.4, -0.2) is 86.8 Å². The number of rotatable bonds is 8. The number of halogens is 10. The van der Waals surface area contributed by atoms with Crippen molar-refractivity contribution in [3.05, 3.63) is 70.8 Å². The molecular weight excluding hydrogens is 578 g/mol. The fourth-order valence-corrected chi connectivity index (χ4v) is 4.68. The van der Waals surface area contributed by atoms with Gasteiger partial charge in [-0.1, -0.05) is 12.1 Å². The van der Waals surface area contributed by atoms with E-state index >= 15 is 0 Å². The highest BCUT2D eigenvalue weighted by atomic mass is 19.4. The molecule has 0 saturated carbocycles. The van der Waals surface area contributed by atoms with Gasteiger partial charge in [-0.25, -0.2) is 17.6 Å². The molecule has 2 fully saturated rings. The Bertz CT molecular complexity index is 1090. The minimum Gasteiger partial charge on any atom is -0.371 e. The van der Waals surface area contributed by atoms with Crippen molar-refractivity contribution in [1.82, 2.24) is 9.80 Å². The monoisotopic (exact) mass is 604 g/mol. The molecule has 2 aliphatic heterocycles. The first-order valence-electron chi connectivity index (χ1n) is 12.6. The Morgan fingerprint density at radius 1 is 0.659 bits per heavy atom. The molecule has 0 N–H and O–H groups in total. The van der Waals surface area contributed by atoms with Crippen molar-refractivity contribution in [2.24, 2.45) is 0 Å². The van der Waals surface area contributed by atoms with Crippen LogP contribution in [0, 0.1) is 23.3 Å². The highest BCUT2D eigenvalue weighted by Crippen LogP contribution is 2.33. The predicted molar refractivity (Wildman–Crippen MR) is 124 cm³/mol. The van der Waals surface area contributed by atoms with Crippen LogP contribution in [-0.2, 0) is 14.2 Å². The van der Waals surface area contributed by atoms with Crippen molar-refractivity contribution in [1.29, 1.82) is 0 Å². The maximum atomic E-state index is 13.9. The molecule has 228 valence electrons. The molecular formula is C26H26F10N2O3. The first-order valence-corrected chi connectivity index (χ1v) is 12.6. The number of nitrogens with zero attached hydrogens (tertiary/aromatic N) is 2. The molecule has 0 spiro atoms. The van der Waals surface area contributed by atoms with Gasteiger partial charge in [0.1, 0.15) is 0 Å². The molecule has 2 heterocycles. The standard InChI is InChI=1S/C26H26F10N2O3/c27-17-3-1-15(9-19(17)29)21-11-37(5-7-39-21)13-23(25(31,32)33)41-24(26(34,35)36)14-38-6-8-40-22(12-38)16-2-4-18(28)20(30)10-16/h1-4,9-10,21-24H,5-8,11-14H2/t21-,22-,23-,24-/m0/s1. The molecule has 4 rings (SSSR count). The van der Waals surface area contributed by atoms with E-state index in [-0.39, 0.29) is 50.5 Å². The fraction of sp³-hybridized carbons (Fsp3) is 0.538. The van der Waals surface area contributed by atoms with Crippen LogP contribution >= 0.6 is 0 Å². The third kappa shape index (κ3) is 8.31. The zero-order valence-electron chi connectivity index (χ0n) is 21.3. The van der Waals surface area contributed by atoms with Gasteiger partial charge in [0.15, 0.2) is 35.5 Å². The van der Waals surface area contributed by atoms with Crippen molar-refractivity contribution in [2.45, 2.75) is 36.8 Å². The van der Waals surface area contributed by atoms with Gasteiger partial charge in [0, 0.05) is 39.3 Å². The van der Waals surface area contributed by atoms with Crippen LogP contribution < -0.4 is 0 Å². The number of hydrogen-bond acceptors (Lipinski definition) is 5. The summed E-state index contributed by atoms with van der Waals surface area (Å²) in [7, 11) is 0. The lowest BCUT2D eigenvalue weighted by Gasteiger charge is -2.38. The lowest BCUT2D eigenvalue weighted by Crippen LogP contribution is -2.53. The van der Waals surface area contributed by atoms with Crippen molar-refractivity contribution in [3.63, 3.8) is 0 Å². The molecule has 2 aromatic carbocycles. The van der Waals surface area contributed by atoms with Gasteiger partial charge < -0.3 is 14.2 Å². The summed E-state index contributed by atoms with van der Waals surface area (Å²) >= 11 is 0. The van der Waals surface area contributed by atoms with Crippen molar-refractivity contribution in [2.75, 3.05) is 52.5 Å². The van der Waals surface area contributed by atoms with Gasteiger partial charge in [0.05, 0.1) is 25.4 Å². The Morgan fingerprint density at radius 2 is 1.05 bits per heavy atom. The maximum Gasteiger partial charge on any atom is 0.415 e. The Hall–Kier alpha value is -2.46. The summed E-state index contributed by atoms with van der Waals surface area (Å²) in [6.45, 7) is -2.70. The van der Waals surface area contributed by atoms with Gasteiger partial charge in [-0.05, 0) is 35.4 Å². The van der Waals surface area contributed by atoms with E-state index in [9.17, 15) is 43.9 Å². The van der Waals surface area contributed by atoms with E-state index < -0.39 is 73.1 Å². The van der Waals surface area contributed by atoms with Gasteiger partial charge >= 0.3 is 12.4 Å². The summed E-state index contributed by atoms with van der Waals surface area (Å²) < 4.78 is 153. The fourth-order valence-electron chi connectivity index (χ4n) is 4.68. The van der Waals surface area contributed by atoms with Gasteiger partial charge in [0.25, 0.3) is 0 Å². The van der Waals surface area contributed by atoms with Crippen LogP contribution in [0.4, 0.5) is 43.9 Å².